The molecule has 0 radical (unpaired) electrons. The summed E-state index contributed by atoms with van der Waals surface area (Å²) in [5, 5.41) is 5.34. The standard InChI is InChI=1S/C24H34F3N5O5/c1-23(2,3)36-21(34)30-13-9-10-31(11-13)19-16(26)15(25)14(18(17(19)27)29-12-7-8-12)20(33)32(28)22(35)37-24(4,5)6/h12-13,29H,7-11,28H2,1-6H3,(H,30,34)/t13-/m0/s1. The molecule has 1 heterocycles. The molecule has 4 N–H and O–H groups in total. The van der Waals surface area contributed by atoms with Crippen LogP contribution in [0.4, 0.5) is 34.1 Å². The number of hydrogen-bond donors (Lipinski definition) is 3. The molecule has 1 aromatic rings. The molecular weight excluding hydrogens is 495 g/mol. The molecule has 1 saturated heterocycles. The van der Waals surface area contributed by atoms with Gasteiger partial charge in [0.2, 0.25) is 0 Å². The molecule has 2 fully saturated rings. The van der Waals surface area contributed by atoms with Gasteiger partial charge in [0.15, 0.2) is 17.5 Å². The summed E-state index contributed by atoms with van der Waals surface area (Å²) in [4.78, 5) is 38.6. The highest BCUT2D eigenvalue weighted by atomic mass is 19.2. The number of imide groups is 1. The zero-order valence-corrected chi connectivity index (χ0v) is 21.8. The highest BCUT2D eigenvalue weighted by Gasteiger charge is 2.39. The number of nitrogens with two attached hydrogens (primary N) is 1. The zero-order valence-electron chi connectivity index (χ0n) is 21.8. The molecular formula is C24H34F3N5O5. The SMILES string of the molecule is CC(C)(C)OC(=O)N[C@H]1CCN(c2c(F)c(F)c(C(=O)N(N)C(=O)OC(C)(C)C)c(NC3CC3)c2F)C1. The van der Waals surface area contributed by atoms with E-state index < -0.39 is 69.7 Å². The minimum absolute atomic E-state index is 0.0169. The summed E-state index contributed by atoms with van der Waals surface area (Å²) in [6.45, 7) is 9.75. The molecule has 0 spiro atoms. The number of hydrazine groups is 1. The van der Waals surface area contributed by atoms with E-state index in [0.717, 1.165) is 0 Å². The van der Waals surface area contributed by atoms with Gasteiger partial charge in [-0.2, -0.15) is 5.01 Å². The maximum Gasteiger partial charge on any atom is 0.432 e. The van der Waals surface area contributed by atoms with Gasteiger partial charge in [-0.05, 0) is 60.8 Å². The van der Waals surface area contributed by atoms with Crippen LogP contribution in [0.15, 0.2) is 0 Å². The predicted octanol–water partition coefficient (Wildman–Crippen LogP) is 4.03. The van der Waals surface area contributed by atoms with E-state index in [-0.39, 0.29) is 24.1 Å². The van der Waals surface area contributed by atoms with Crippen molar-refractivity contribution in [1.29, 1.82) is 0 Å². The van der Waals surface area contributed by atoms with Crippen molar-refractivity contribution in [2.75, 3.05) is 23.3 Å². The molecule has 1 saturated carbocycles. The lowest BCUT2D eigenvalue weighted by molar-refractivity contribution is 0.0237. The van der Waals surface area contributed by atoms with Crippen molar-refractivity contribution in [3.8, 4) is 0 Å². The second-order valence-corrected chi connectivity index (χ2v) is 11.2. The van der Waals surface area contributed by atoms with E-state index >= 15 is 13.2 Å². The topological polar surface area (TPSA) is 126 Å². The molecule has 10 nitrogen and oxygen atoms in total. The molecule has 0 unspecified atom stereocenters. The number of carbonyl (C=O) groups excluding carboxylic acids is 3. The minimum atomic E-state index is -1.66. The number of ether oxygens (including phenoxy) is 2. The number of halogens is 3. The third-order valence-corrected chi connectivity index (χ3v) is 5.47. The van der Waals surface area contributed by atoms with Gasteiger partial charge < -0.3 is 25.0 Å². The molecule has 13 heteroatoms. The first kappa shape index (κ1) is 28.4. The summed E-state index contributed by atoms with van der Waals surface area (Å²) in [5.74, 6) is -0.385. The lowest BCUT2D eigenvalue weighted by Crippen LogP contribution is -2.46. The molecule has 0 aromatic heterocycles. The van der Waals surface area contributed by atoms with Crippen LogP contribution >= 0.6 is 0 Å². The summed E-state index contributed by atoms with van der Waals surface area (Å²) < 4.78 is 56.7. The first-order valence-corrected chi connectivity index (χ1v) is 12.0. The number of amides is 3. The second-order valence-electron chi connectivity index (χ2n) is 11.2. The molecule has 0 bridgehead atoms. The van der Waals surface area contributed by atoms with Crippen molar-refractivity contribution in [3.63, 3.8) is 0 Å². The van der Waals surface area contributed by atoms with E-state index in [1.165, 1.54) is 25.7 Å². The molecule has 1 atom stereocenters. The van der Waals surface area contributed by atoms with Gasteiger partial charge >= 0.3 is 12.2 Å². The quantitative estimate of drug-likeness (QED) is 0.226. The lowest BCUT2D eigenvalue weighted by atomic mass is 10.1. The van der Waals surface area contributed by atoms with Crippen molar-refractivity contribution < 1.29 is 37.0 Å². The van der Waals surface area contributed by atoms with Gasteiger partial charge in [-0.25, -0.2) is 28.6 Å². The van der Waals surface area contributed by atoms with E-state index in [1.54, 1.807) is 20.8 Å². The van der Waals surface area contributed by atoms with Gasteiger partial charge in [0.25, 0.3) is 5.91 Å². The van der Waals surface area contributed by atoms with Gasteiger partial charge in [0.1, 0.15) is 22.5 Å². The summed E-state index contributed by atoms with van der Waals surface area (Å²) >= 11 is 0. The van der Waals surface area contributed by atoms with Gasteiger partial charge in [0.05, 0.1) is 11.7 Å². The third kappa shape index (κ3) is 6.96. The normalized spacial score (nSPS) is 17.9. The molecule has 3 amide bonds. The molecule has 2 aliphatic rings. The van der Waals surface area contributed by atoms with Crippen LogP contribution < -0.4 is 21.4 Å². The predicted molar refractivity (Wildman–Crippen MR) is 130 cm³/mol. The number of nitrogens with zero attached hydrogens (tertiary/aromatic N) is 2. The van der Waals surface area contributed by atoms with Gasteiger partial charge in [0, 0.05) is 19.1 Å². The van der Waals surface area contributed by atoms with E-state index in [4.69, 9.17) is 15.3 Å². The molecule has 206 valence electrons. The van der Waals surface area contributed by atoms with Gasteiger partial charge in [-0.1, -0.05) is 0 Å². The Kier molecular flexibility index (Phi) is 7.87. The van der Waals surface area contributed by atoms with Crippen molar-refractivity contribution in [2.45, 2.75) is 84.1 Å². The number of rotatable bonds is 5. The van der Waals surface area contributed by atoms with Crippen LogP contribution in [0.1, 0.15) is 71.2 Å². The van der Waals surface area contributed by atoms with E-state index in [1.807, 2.05) is 0 Å². The van der Waals surface area contributed by atoms with Crippen LogP contribution in [0.3, 0.4) is 0 Å². The summed E-state index contributed by atoms with van der Waals surface area (Å²) in [5.41, 5.74) is -4.08. The minimum Gasteiger partial charge on any atom is -0.444 e. The molecule has 3 rings (SSSR count). The Balaban J connectivity index is 1.91. The van der Waals surface area contributed by atoms with Crippen molar-refractivity contribution in [2.24, 2.45) is 5.84 Å². The Morgan fingerprint density at radius 3 is 2.05 bits per heavy atom. The molecule has 37 heavy (non-hydrogen) atoms. The lowest BCUT2D eigenvalue weighted by Gasteiger charge is -2.26. The van der Waals surface area contributed by atoms with Crippen LogP contribution in [-0.4, -0.2) is 59.5 Å². The smallest absolute Gasteiger partial charge is 0.432 e. The van der Waals surface area contributed by atoms with Crippen LogP contribution in [0.25, 0.3) is 0 Å². The Hall–Kier alpha value is -3.22. The van der Waals surface area contributed by atoms with E-state index in [2.05, 4.69) is 10.6 Å². The van der Waals surface area contributed by atoms with E-state index in [0.29, 0.717) is 19.3 Å². The summed E-state index contributed by atoms with van der Waals surface area (Å²) in [6, 6.07) is -0.767. The summed E-state index contributed by atoms with van der Waals surface area (Å²) in [6.07, 6.45) is -0.416. The first-order valence-electron chi connectivity index (χ1n) is 12.0. The van der Waals surface area contributed by atoms with E-state index in [9.17, 15) is 14.4 Å². The van der Waals surface area contributed by atoms with Crippen molar-refractivity contribution in [3.05, 3.63) is 23.0 Å². The molecule has 1 aliphatic heterocycles. The average molecular weight is 530 g/mol. The Morgan fingerprint density at radius 2 is 1.51 bits per heavy atom. The van der Waals surface area contributed by atoms with Crippen molar-refractivity contribution in [1.82, 2.24) is 10.3 Å². The van der Waals surface area contributed by atoms with Gasteiger partial charge in [-0.3, -0.25) is 4.79 Å². The highest BCUT2D eigenvalue weighted by Crippen LogP contribution is 2.39. The maximum absolute atomic E-state index is 15.8. The Bertz CT molecular complexity index is 1080. The number of anilines is 2. The number of hydrogen-bond acceptors (Lipinski definition) is 8. The highest BCUT2D eigenvalue weighted by molar-refractivity contribution is 6.07. The number of alkyl carbamates (subject to hydrolysis) is 1. The Morgan fingerprint density at radius 1 is 0.919 bits per heavy atom. The first-order chi connectivity index (χ1) is 17.0. The van der Waals surface area contributed by atoms with Crippen LogP contribution in [0.5, 0.6) is 0 Å². The maximum atomic E-state index is 15.8. The Labute approximate surface area is 213 Å². The molecule has 1 aliphatic carbocycles. The fraction of sp³-hybridized carbons (Fsp3) is 0.625. The second kappa shape index (κ2) is 10.3. The fourth-order valence-electron chi connectivity index (χ4n) is 3.76. The zero-order chi connectivity index (χ0) is 27.9. The van der Waals surface area contributed by atoms with Crippen LogP contribution in [0.2, 0.25) is 0 Å². The van der Waals surface area contributed by atoms with Gasteiger partial charge in [-0.15, -0.1) is 0 Å². The largest absolute Gasteiger partial charge is 0.444 e. The van der Waals surface area contributed by atoms with Crippen molar-refractivity contribution >= 4 is 29.5 Å². The number of benzene rings is 1. The number of nitrogens with one attached hydrogen (secondary N) is 2. The molecule has 1 aromatic carbocycles. The number of carbonyl (C=O) groups is 3. The third-order valence-electron chi connectivity index (χ3n) is 5.47. The fourth-order valence-corrected chi connectivity index (χ4v) is 3.76. The average Bonchev–Trinajstić information content (AvgIpc) is 3.45. The van der Waals surface area contributed by atoms with Crippen LogP contribution in [0, 0.1) is 17.5 Å². The summed E-state index contributed by atoms with van der Waals surface area (Å²) in [7, 11) is 0. The van der Waals surface area contributed by atoms with Crippen LogP contribution in [-0.2, 0) is 9.47 Å². The monoisotopic (exact) mass is 529 g/mol.